The van der Waals surface area contributed by atoms with Crippen molar-refractivity contribution in [3.63, 3.8) is 0 Å². The highest BCUT2D eigenvalue weighted by molar-refractivity contribution is 14.0. The summed E-state index contributed by atoms with van der Waals surface area (Å²) < 4.78 is 1.20. The second-order valence-corrected chi connectivity index (χ2v) is 7.87. The first-order valence-corrected chi connectivity index (χ1v) is 9.07. The molecule has 0 aliphatic rings. The second-order valence-electron chi connectivity index (χ2n) is 6.76. The Morgan fingerprint density at radius 2 is 1.92 bits per heavy atom. The van der Waals surface area contributed by atoms with E-state index in [0.29, 0.717) is 12.5 Å². The molecule has 1 atom stereocenters. The standard InChI is InChI=1S/C18H28N4OS.HI/c1-18(2,3)22-10-9-20-17(19-4)21-12-14(23)16-11-13-7-5-6-8-15(13)24-16;/h5-8,11,14,22-23H,9-10,12H2,1-4H3,(H2,19,20,21);1H. The van der Waals surface area contributed by atoms with Gasteiger partial charge >= 0.3 is 0 Å². The summed E-state index contributed by atoms with van der Waals surface area (Å²) in [6.45, 7) is 8.47. The average molecular weight is 476 g/mol. The maximum absolute atomic E-state index is 10.4. The number of nitrogens with zero attached hydrogens (tertiary/aromatic N) is 1. The normalized spacial score (nSPS) is 13.4. The van der Waals surface area contributed by atoms with Gasteiger partial charge in [0, 0.05) is 41.8 Å². The molecule has 1 heterocycles. The molecule has 0 saturated carbocycles. The highest BCUT2D eigenvalue weighted by atomic mass is 127. The largest absolute Gasteiger partial charge is 0.386 e. The van der Waals surface area contributed by atoms with Gasteiger partial charge in [-0.2, -0.15) is 0 Å². The number of aliphatic hydroxyl groups excluding tert-OH is 1. The van der Waals surface area contributed by atoms with E-state index in [1.54, 1.807) is 18.4 Å². The molecule has 1 aromatic heterocycles. The molecule has 1 aromatic carbocycles. The van der Waals surface area contributed by atoms with Gasteiger partial charge in [-0.1, -0.05) is 18.2 Å². The number of aliphatic imine (C=N–C) groups is 1. The van der Waals surface area contributed by atoms with Crippen LogP contribution >= 0.6 is 35.3 Å². The molecule has 0 radical (unpaired) electrons. The molecule has 2 rings (SSSR count). The van der Waals surface area contributed by atoms with Crippen LogP contribution in [0.4, 0.5) is 0 Å². The molecule has 25 heavy (non-hydrogen) atoms. The predicted molar refractivity (Wildman–Crippen MR) is 119 cm³/mol. The molecule has 7 heteroatoms. The van der Waals surface area contributed by atoms with E-state index in [0.717, 1.165) is 18.0 Å². The molecule has 4 N–H and O–H groups in total. The Morgan fingerprint density at radius 3 is 2.56 bits per heavy atom. The van der Waals surface area contributed by atoms with Crippen molar-refractivity contribution in [2.75, 3.05) is 26.7 Å². The van der Waals surface area contributed by atoms with E-state index in [1.807, 2.05) is 12.1 Å². The molecule has 140 valence electrons. The quantitative estimate of drug-likeness (QED) is 0.224. The number of rotatable bonds is 6. The third kappa shape index (κ3) is 7.47. The lowest BCUT2D eigenvalue weighted by molar-refractivity contribution is 0.184. The fraction of sp³-hybridized carbons (Fsp3) is 0.500. The highest BCUT2D eigenvalue weighted by Crippen LogP contribution is 2.29. The van der Waals surface area contributed by atoms with Gasteiger partial charge in [-0.05, 0) is 38.3 Å². The number of hydrogen-bond donors (Lipinski definition) is 4. The minimum atomic E-state index is -0.548. The molecule has 0 spiro atoms. The zero-order chi connectivity index (χ0) is 17.6. The van der Waals surface area contributed by atoms with Crippen LogP contribution in [0.2, 0.25) is 0 Å². The maximum atomic E-state index is 10.4. The molecule has 0 saturated heterocycles. The summed E-state index contributed by atoms with van der Waals surface area (Å²) in [7, 11) is 1.73. The summed E-state index contributed by atoms with van der Waals surface area (Å²) in [5.74, 6) is 0.700. The smallest absolute Gasteiger partial charge is 0.191 e. The molecule has 5 nitrogen and oxygen atoms in total. The fourth-order valence-corrected chi connectivity index (χ4v) is 3.35. The first-order chi connectivity index (χ1) is 11.4. The summed E-state index contributed by atoms with van der Waals surface area (Å²) in [6, 6.07) is 10.2. The molecule has 0 bridgehead atoms. The summed E-state index contributed by atoms with van der Waals surface area (Å²) in [5.41, 5.74) is 0.107. The SMILES string of the molecule is CN=C(NCCNC(C)(C)C)NCC(O)c1cc2ccccc2s1.I. The van der Waals surface area contributed by atoms with E-state index >= 15 is 0 Å². The van der Waals surface area contributed by atoms with Crippen LogP contribution in [0.25, 0.3) is 10.1 Å². The number of fused-ring (bicyclic) bond motifs is 1. The lowest BCUT2D eigenvalue weighted by Gasteiger charge is -2.21. The number of benzene rings is 1. The van der Waals surface area contributed by atoms with Gasteiger partial charge in [-0.15, -0.1) is 35.3 Å². The molecule has 0 amide bonds. The van der Waals surface area contributed by atoms with Crippen LogP contribution in [0.15, 0.2) is 35.3 Å². The van der Waals surface area contributed by atoms with Crippen molar-refractivity contribution in [3.8, 4) is 0 Å². The lowest BCUT2D eigenvalue weighted by Crippen LogP contribution is -2.45. The Labute approximate surface area is 171 Å². The Hall–Kier alpha value is -0.900. The van der Waals surface area contributed by atoms with Crippen molar-refractivity contribution in [1.29, 1.82) is 0 Å². The molecule has 2 aromatic rings. The van der Waals surface area contributed by atoms with Crippen LogP contribution in [0.5, 0.6) is 0 Å². The minimum absolute atomic E-state index is 0. The van der Waals surface area contributed by atoms with Gasteiger partial charge in [-0.3, -0.25) is 4.99 Å². The maximum Gasteiger partial charge on any atom is 0.191 e. The zero-order valence-corrected chi connectivity index (χ0v) is 18.4. The molecule has 1 unspecified atom stereocenters. The topological polar surface area (TPSA) is 68.7 Å². The van der Waals surface area contributed by atoms with Crippen molar-refractivity contribution < 1.29 is 5.11 Å². The van der Waals surface area contributed by atoms with E-state index in [1.165, 1.54) is 10.1 Å². The van der Waals surface area contributed by atoms with Crippen LogP contribution < -0.4 is 16.0 Å². The van der Waals surface area contributed by atoms with Crippen LogP contribution in [-0.4, -0.2) is 43.3 Å². The van der Waals surface area contributed by atoms with Crippen LogP contribution in [0.1, 0.15) is 31.8 Å². The number of hydrogen-bond acceptors (Lipinski definition) is 4. The van der Waals surface area contributed by atoms with E-state index in [9.17, 15) is 5.11 Å². The molecular formula is C18H29IN4OS. The highest BCUT2D eigenvalue weighted by Gasteiger charge is 2.12. The van der Waals surface area contributed by atoms with Crippen molar-refractivity contribution >= 4 is 51.4 Å². The first kappa shape index (κ1) is 22.1. The molecular weight excluding hydrogens is 447 g/mol. The predicted octanol–water partition coefficient (Wildman–Crippen LogP) is 3.11. The van der Waals surface area contributed by atoms with Gasteiger partial charge < -0.3 is 21.1 Å². The van der Waals surface area contributed by atoms with Gasteiger partial charge in [-0.25, -0.2) is 0 Å². The summed E-state index contributed by atoms with van der Waals surface area (Å²) in [4.78, 5) is 5.16. The number of halogens is 1. The van der Waals surface area contributed by atoms with Gasteiger partial charge in [0.25, 0.3) is 0 Å². The third-order valence-corrected chi connectivity index (χ3v) is 4.75. The van der Waals surface area contributed by atoms with Gasteiger partial charge in [0.15, 0.2) is 5.96 Å². The van der Waals surface area contributed by atoms with Crippen molar-refractivity contribution in [3.05, 3.63) is 35.2 Å². The van der Waals surface area contributed by atoms with Gasteiger partial charge in [0.1, 0.15) is 6.10 Å². The fourth-order valence-electron chi connectivity index (χ4n) is 2.30. The number of guanidine groups is 1. The Balaban J connectivity index is 0.00000312. The van der Waals surface area contributed by atoms with Crippen LogP contribution in [-0.2, 0) is 0 Å². The third-order valence-electron chi connectivity index (χ3n) is 3.53. The molecule has 0 fully saturated rings. The second kappa shape index (κ2) is 10.3. The number of thiophene rings is 1. The summed E-state index contributed by atoms with van der Waals surface area (Å²) >= 11 is 1.63. The Kier molecular flexibility index (Phi) is 9.12. The first-order valence-electron chi connectivity index (χ1n) is 8.25. The Morgan fingerprint density at radius 1 is 1.20 bits per heavy atom. The van der Waals surface area contributed by atoms with Crippen LogP contribution in [0.3, 0.4) is 0 Å². The monoisotopic (exact) mass is 476 g/mol. The molecule has 0 aliphatic heterocycles. The van der Waals surface area contributed by atoms with Crippen LogP contribution in [0, 0.1) is 0 Å². The van der Waals surface area contributed by atoms with E-state index in [4.69, 9.17) is 0 Å². The number of aliphatic hydroxyl groups is 1. The van der Waals surface area contributed by atoms with Crippen molar-refractivity contribution in [2.45, 2.75) is 32.4 Å². The van der Waals surface area contributed by atoms with Crippen molar-refractivity contribution in [2.24, 2.45) is 4.99 Å². The lowest BCUT2D eigenvalue weighted by atomic mass is 10.1. The van der Waals surface area contributed by atoms with E-state index < -0.39 is 6.10 Å². The molecule has 0 aliphatic carbocycles. The van der Waals surface area contributed by atoms with Gasteiger partial charge in [0.2, 0.25) is 0 Å². The minimum Gasteiger partial charge on any atom is -0.386 e. The van der Waals surface area contributed by atoms with Crippen molar-refractivity contribution in [1.82, 2.24) is 16.0 Å². The summed E-state index contributed by atoms with van der Waals surface area (Å²) in [6.07, 6.45) is -0.548. The Bertz CT molecular complexity index is 648. The van der Waals surface area contributed by atoms with E-state index in [-0.39, 0.29) is 29.5 Å². The average Bonchev–Trinajstić information content (AvgIpc) is 2.97. The number of nitrogens with one attached hydrogen (secondary N) is 3. The summed E-state index contributed by atoms with van der Waals surface area (Å²) in [5, 5.41) is 21.4. The van der Waals surface area contributed by atoms with E-state index in [2.05, 4.69) is 59.9 Å². The zero-order valence-electron chi connectivity index (χ0n) is 15.3. The van der Waals surface area contributed by atoms with Gasteiger partial charge in [0.05, 0.1) is 0 Å².